The van der Waals surface area contributed by atoms with Crippen LogP contribution in [0, 0.1) is 10.1 Å². The summed E-state index contributed by atoms with van der Waals surface area (Å²) in [5.41, 5.74) is 5.52. The van der Waals surface area contributed by atoms with Crippen LogP contribution in [0.2, 0.25) is 10.0 Å². The zero-order valence-electron chi connectivity index (χ0n) is 15.5. The Balaban J connectivity index is 2.27. The topological polar surface area (TPSA) is 125 Å². The third-order valence-electron chi connectivity index (χ3n) is 3.83. The summed E-state index contributed by atoms with van der Waals surface area (Å²) in [6, 6.07) is 6.74. The number of primary amides is 1. The molecule has 0 fully saturated rings. The number of methoxy groups -OCH3 is 1. The van der Waals surface area contributed by atoms with Crippen LogP contribution in [0.5, 0.6) is 11.5 Å². The van der Waals surface area contributed by atoms with E-state index in [1.54, 1.807) is 0 Å². The van der Waals surface area contributed by atoms with E-state index in [1.165, 1.54) is 49.4 Å². The molecule has 2 aromatic carbocycles. The van der Waals surface area contributed by atoms with Gasteiger partial charge < -0.3 is 20.1 Å². The van der Waals surface area contributed by atoms with Crippen LogP contribution in [0.3, 0.4) is 0 Å². The fourth-order valence-corrected chi connectivity index (χ4v) is 2.91. The van der Waals surface area contributed by atoms with Crippen molar-refractivity contribution >= 4 is 40.7 Å². The van der Waals surface area contributed by atoms with Crippen LogP contribution in [-0.4, -0.2) is 42.4 Å². The summed E-state index contributed by atoms with van der Waals surface area (Å²) in [6.45, 7) is -0.381. The Hall–Kier alpha value is -3.04. The van der Waals surface area contributed by atoms with E-state index in [2.05, 4.69) is 0 Å². The van der Waals surface area contributed by atoms with Crippen LogP contribution >= 0.6 is 23.2 Å². The molecule has 0 spiro atoms. The summed E-state index contributed by atoms with van der Waals surface area (Å²) < 4.78 is 10.4. The highest BCUT2D eigenvalue weighted by molar-refractivity contribution is 6.32. The molecule has 0 radical (unpaired) electrons. The number of hydrogen-bond acceptors (Lipinski definition) is 6. The summed E-state index contributed by atoms with van der Waals surface area (Å²) in [5.74, 6) is -0.913. The SMILES string of the molecule is COc1cc(C(=O)N(C)Cc2cc([N+](=O)[O-])ccc2Cl)cc(Cl)c1OCC(N)=O. The van der Waals surface area contributed by atoms with E-state index in [0.717, 1.165) is 0 Å². The molecule has 0 saturated heterocycles. The number of benzene rings is 2. The van der Waals surface area contributed by atoms with Gasteiger partial charge in [-0.25, -0.2) is 0 Å². The highest BCUT2D eigenvalue weighted by atomic mass is 35.5. The van der Waals surface area contributed by atoms with Crippen molar-refractivity contribution in [2.75, 3.05) is 20.8 Å². The third kappa shape index (κ3) is 5.49. The molecule has 9 nitrogen and oxygen atoms in total. The lowest BCUT2D eigenvalue weighted by Crippen LogP contribution is -2.26. The van der Waals surface area contributed by atoms with E-state index in [4.69, 9.17) is 38.4 Å². The first-order chi connectivity index (χ1) is 13.6. The summed E-state index contributed by atoms with van der Waals surface area (Å²) in [5, 5.41) is 11.3. The number of ether oxygens (including phenoxy) is 2. The van der Waals surface area contributed by atoms with Crippen molar-refractivity contribution in [3.05, 3.63) is 61.6 Å². The first-order valence-corrected chi connectivity index (χ1v) is 8.86. The fraction of sp³-hybridized carbons (Fsp3) is 0.222. The molecule has 0 aliphatic carbocycles. The number of nitrogens with zero attached hydrogens (tertiary/aromatic N) is 2. The molecule has 2 amide bonds. The molecular weight excluding hydrogens is 425 g/mol. The minimum Gasteiger partial charge on any atom is -0.493 e. The number of non-ortho nitro benzene ring substituents is 1. The van der Waals surface area contributed by atoms with Gasteiger partial charge in [-0.2, -0.15) is 0 Å². The van der Waals surface area contributed by atoms with E-state index in [9.17, 15) is 19.7 Å². The molecule has 2 N–H and O–H groups in total. The smallest absolute Gasteiger partial charge is 0.269 e. The number of halogens is 2. The zero-order chi connectivity index (χ0) is 21.7. The molecule has 2 aromatic rings. The maximum Gasteiger partial charge on any atom is 0.269 e. The molecule has 0 atom stereocenters. The first kappa shape index (κ1) is 22.3. The van der Waals surface area contributed by atoms with Crippen molar-refractivity contribution in [2.24, 2.45) is 5.73 Å². The Morgan fingerprint density at radius 3 is 2.48 bits per heavy atom. The first-order valence-electron chi connectivity index (χ1n) is 8.11. The number of rotatable bonds is 8. The molecule has 0 bridgehead atoms. The summed E-state index contributed by atoms with van der Waals surface area (Å²) in [7, 11) is 2.86. The molecule has 0 aliphatic heterocycles. The molecule has 0 aliphatic rings. The Morgan fingerprint density at radius 2 is 1.90 bits per heavy atom. The van der Waals surface area contributed by atoms with Crippen molar-refractivity contribution in [1.82, 2.24) is 4.90 Å². The van der Waals surface area contributed by atoms with E-state index in [1.807, 2.05) is 0 Å². The van der Waals surface area contributed by atoms with Crippen molar-refractivity contribution in [3.8, 4) is 11.5 Å². The van der Waals surface area contributed by atoms with Crippen molar-refractivity contribution in [1.29, 1.82) is 0 Å². The number of nitro benzene ring substituents is 1. The minimum absolute atomic E-state index is 0.0270. The summed E-state index contributed by atoms with van der Waals surface area (Å²) in [4.78, 5) is 35.4. The van der Waals surface area contributed by atoms with Gasteiger partial charge >= 0.3 is 0 Å². The minimum atomic E-state index is -0.697. The van der Waals surface area contributed by atoms with Gasteiger partial charge in [-0.15, -0.1) is 0 Å². The zero-order valence-corrected chi connectivity index (χ0v) is 17.0. The molecule has 0 saturated carbocycles. The highest BCUT2D eigenvalue weighted by Gasteiger charge is 2.20. The lowest BCUT2D eigenvalue weighted by atomic mass is 10.1. The monoisotopic (exact) mass is 441 g/mol. The van der Waals surface area contributed by atoms with Gasteiger partial charge in [0.2, 0.25) is 0 Å². The predicted octanol–water partition coefficient (Wildman–Crippen LogP) is 3.05. The Morgan fingerprint density at radius 1 is 1.21 bits per heavy atom. The third-order valence-corrected chi connectivity index (χ3v) is 4.48. The van der Waals surface area contributed by atoms with Gasteiger partial charge in [0.25, 0.3) is 17.5 Å². The van der Waals surface area contributed by atoms with Crippen LogP contribution in [-0.2, 0) is 11.3 Å². The van der Waals surface area contributed by atoms with Gasteiger partial charge in [0, 0.05) is 36.3 Å². The van der Waals surface area contributed by atoms with Crippen LogP contribution in [0.4, 0.5) is 5.69 Å². The van der Waals surface area contributed by atoms with E-state index >= 15 is 0 Å². The van der Waals surface area contributed by atoms with Gasteiger partial charge in [0.15, 0.2) is 18.1 Å². The number of nitro groups is 1. The predicted molar refractivity (Wildman–Crippen MR) is 107 cm³/mol. The number of carbonyl (C=O) groups is 2. The Labute approximate surface area is 176 Å². The number of amides is 2. The molecule has 2 rings (SSSR count). The largest absolute Gasteiger partial charge is 0.493 e. The molecule has 0 aromatic heterocycles. The average molecular weight is 442 g/mol. The van der Waals surface area contributed by atoms with Crippen LogP contribution in [0.15, 0.2) is 30.3 Å². The van der Waals surface area contributed by atoms with Gasteiger partial charge in [-0.3, -0.25) is 19.7 Å². The standard InChI is InChI=1S/C18H17Cl2N3O6/c1-22(8-11-5-12(23(26)27)3-4-13(11)19)18(25)10-6-14(20)17(15(7-10)28-2)29-9-16(21)24/h3-7H,8-9H2,1-2H3,(H2,21,24). The molecule has 11 heteroatoms. The summed E-state index contributed by atoms with van der Waals surface area (Å²) >= 11 is 12.3. The maximum atomic E-state index is 12.8. The molecule has 154 valence electrons. The second kappa shape index (κ2) is 9.44. The van der Waals surface area contributed by atoms with Crippen molar-refractivity contribution in [3.63, 3.8) is 0 Å². The molecule has 0 unspecified atom stereocenters. The van der Waals surface area contributed by atoms with Gasteiger partial charge in [0.05, 0.1) is 17.1 Å². The maximum absolute atomic E-state index is 12.8. The summed E-state index contributed by atoms with van der Waals surface area (Å²) in [6.07, 6.45) is 0. The lowest BCUT2D eigenvalue weighted by Gasteiger charge is -2.19. The van der Waals surface area contributed by atoms with Crippen LogP contribution in [0.1, 0.15) is 15.9 Å². The van der Waals surface area contributed by atoms with Crippen molar-refractivity contribution < 1.29 is 24.0 Å². The fourth-order valence-electron chi connectivity index (χ4n) is 2.47. The normalized spacial score (nSPS) is 10.3. The average Bonchev–Trinajstić information content (AvgIpc) is 2.66. The van der Waals surface area contributed by atoms with E-state index in [0.29, 0.717) is 10.6 Å². The van der Waals surface area contributed by atoms with Crippen molar-refractivity contribution in [2.45, 2.75) is 6.54 Å². The van der Waals surface area contributed by atoms with E-state index < -0.39 is 23.3 Å². The van der Waals surface area contributed by atoms with Gasteiger partial charge in [0.1, 0.15) is 0 Å². The van der Waals surface area contributed by atoms with Gasteiger partial charge in [-0.1, -0.05) is 23.2 Å². The number of hydrogen-bond donors (Lipinski definition) is 1. The number of nitrogens with two attached hydrogens (primary N) is 1. The quantitative estimate of drug-likeness (QED) is 0.495. The highest BCUT2D eigenvalue weighted by Crippen LogP contribution is 2.37. The molecule has 29 heavy (non-hydrogen) atoms. The van der Waals surface area contributed by atoms with Gasteiger partial charge in [-0.05, 0) is 23.8 Å². The Bertz CT molecular complexity index is 967. The molecule has 0 heterocycles. The van der Waals surface area contributed by atoms with E-state index in [-0.39, 0.29) is 34.3 Å². The van der Waals surface area contributed by atoms with Crippen LogP contribution < -0.4 is 15.2 Å². The Kier molecular flexibility index (Phi) is 7.24. The molecular formula is C18H17Cl2N3O6. The second-order valence-corrected chi connectivity index (χ2v) is 6.75. The van der Waals surface area contributed by atoms with Crippen LogP contribution in [0.25, 0.3) is 0 Å². The number of carbonyl (C=O) groups excluding carboxylic acids is 2. The lowest BCUT2D eigenvalue weighted by molar-refractivity contribution is -0.384. The second-order valence-electron chi connectivity index (χ2n) is 5.94.